The molecule has 0 atom stereocenters. The van der Waals surface area contributed by atoms with E-state index in [4.69, 9.17) is 13.9 Å². The number of rotatable bonds is 7. The highest BCUT2D eigenvalue weighted by atomic mass is 16.5. The van der Waals surface area contributed by atoms with Crippen LogP contribution in [0.25, 0.3) is 11.0 Å². The molecule has 0 aliphatic rings. The molecule has 0 amide bonds. The van der Waals surface area contributed by atoms with Gasteiger partial charge in [-0.1, -0.05) is 26.0 Å². The van der Waals surface area contributed by atoms with Crippen molar-refractivity contribution in [3.8, 4) is 11.5 Å². The molecule has 1 aromatic heterocycles. The normalized spacial score (nSPS) is 11.0. The lowest BCUT2D eigenvalue weighted by molar-refractivity contribution is 0.101. The summed E-state index contributed by atoms with van der Waals surface area (Å²) in [4.78, 5) is 23.4. The summed E-state index contributed by atoms with van der Waals surface area (Å²) in [6.07, 6.45) is 0. The summed E-state index contributed by atoms with van der Waals surface area (Å²) in [5, 5.41) is 0.906. The van der Waals surface area contributed by atoms with Crippen LogP contribution in [0, 0.1) is 0 Å². The van der Waals surface area contributed by atoms with Gasteiger partial charge in [-0.2, -0.15) is 0 Å². The second-order valence-corrected chi connectivity index (χ2v) is 6.58. The first-order valence-electron chi connectivity index (χ1n) is 8.89. The maximum atomic E-state index is 11.8. The van der Waals surface area contributed by atoms with E-state index in [0.717, 1.165) is 10.9 Å². The van der Waals surface area contributed by atoms with Crippen LogP contribution in [-0.4, -0.2) is 19.0 Å². The van der Waals surface area contributed by atoms with Crippen molar-refractivity contribution in [2.45, 2.75) is 26.7 Å². The number of hydrogen-bond acceptors (Lipinski definition) is 5. The number of carbonyl (C=O) groups excluding carboxylic acids is 1. The van der Waals surface area contributed by atoms with Crippen molar-refractivity contribution in [3.05, 3.63) is 70.1 Å². The zero-order chi connectivity index (χ0) is 19.4. The van der Waals surface area contributed by atoms with E-state index in [1.54, 1.807) is 24.3 Å². The topological polar surface area (TPSA) is 65.7 Å². The van der Waals surface area contributed by atoms with Gasteiger partial charge in [0.2, 0.25) is 0 Å². The summed E-state index contributed by atoms with van der Waals surface area (Å²) >= 11 is 0. The Morgan fingerprint density at radius 2 is 1.78 bits per heavy atom. The molecule has 0 saturated carbocycles. The van der Waals surface area contributed by atoms with Gasteiger partial charge in [-0.15, -0.1) is 0 Å². The van der Waals surface area contributed by atoms with Crippen LogP contribution >= 0.6 is 0 Å². The maximum Gasteiger partial charge on any atom is 0.336 e. The van der Waals surface area contributed by atoms with E-state index >= 15 is 0 Å². The van der Waals surface area contributed by atoms with Crippen molar-refractivity contribution in [2.24, 2.45) is 0 Å². The van der Waals surface area contributed by atoms with E-state index in [1.165, 1.54) is 13.0 Å². The molecule has 3 rings (SSSR count). The smallest absolute Gasteiger partial charge is 0.336 e. The van der Waals surface area contributed by atoms with Crippen molar-refractivity contribution in [2.75, 3.05) is 13.2 Å². The molecular formula is C22H22O5. The Kier molecular flexibility index (Phi) is 5.60. The van der Waals surface area contributed by atoms with Crippen molar-refractivity contribution in [1.29, 1.82) is 0 Å². The summed E-state index contributed by atoms with van der Waals surface area (Å²) < 4.78 is 16.7. The average Bonchev–Trinajstić information content (AvgIpc) is 2.64. The first-order valence-corrected chi connectivity index (χ1v) is 8.89. The van der Waals surface area contributed by atoms with Crippen LogP contribution in [-0.2, 0) is 0 Å². The van der Waals surface area contributed by atoms with Crippen LogP contribution in [0.15, 0.2) is 57.7 Å². The zero-order valence-electron chi connectivity index (χ0n) is 15.7. The summed E-state index contributed by atoms with van der Waals surface area (Å²) in [6, 6.07) is 14.1. The minimum atomic E-state index is -0.368. The Bertz CT molecular complexity index is 1020. The Morgan fingerprint density at radius 3 is 2.52 bits per heavy atom. The second-order valence-electron chi connectivity index (χ2n) is 6.58. The number of fused-ring (bicyclic) bond motifs is 1. The summed E-state index contributed by atoms with van der Waals surface area (Å²) in [5.41, 5.74) is 1.64. The van der Waals surface area contributed by atoms with Gasteiger partial charge in [0.1, 0.15) is 30.3 Å². The molecular weight excluding hydrogens is 344 g/mol. The number of ether oxygens (including phenoxy) is 2. The molecule has 27 heavy (non-hydrogen) atoms. The molecule has 0 aliphatic carbocycles. The monoisotopic (exact) mass is 366 g/mol. The third kappa shape index (κ3) is 4.37. The predicted octanol–water partition coefficient (Wildman–Crippen LogP) is 4.58. The second kappa shape index (κ2) is 8.08. The van der Waals surface area contributed by atoms with Crippen LogP contribution in [0.2, 0.25) is 0 Å². The zero-order valence-corrected chi connectivity index (χ0v) is 15.7. The molecule has 0 radical (unpaired) electrons. The van der Waals surface area contributed by atoms with E-state index in [-0.39, 0.29) is 23.9 Å². The molecule has 0 aliphatic heterocycles. The summed E-state index contributed by atoms with van der Waals surface area (Å²) in [5.74, 6) is 1.31. The Labute approximate surface area is 157 Å². The largest absolute Gasteiger partial charge is 0.490 e. The van der Waals surface area contributed by atoms with Gasteiger partial charge in [0.25, 0.3) is 0 Å². The maximum absolute atomic E-state index is 11.8. The average molecular weight is 366 g/mol. The van der Waals surface area contributed by atoms with E-state index in [9.17, 15) is 9.59 Å². The molecule has 0 N–H and O–H groups in total. The van der Waals surface area contributed by atoms with Crippen molar-refractivity contribution in [1.82, 2.24) is 0 Å². The highest BCUT2D eigenvalue weighted by Gasteiger charge is 2.10. The van der Waals surface area contributed by atoms with Crippen LogP contribution in [0.3, 0.4) is 0 Å². The minimum Gasteiger partial charge on any atom is -0.490 e. The lowest BCUT2D eigenvalue weighted by Crippen LogP contribution is -2.11. The van der Waals surface area contributed by atoms with Crippen LogP contribution in [0.4, 0.5) is 0 Å². The van der Waals surface area contributed by atoms with Gasteiger partial charge in [0.15, 0.2) is 5.78 Å². The predicted molar refractivity (Wildman–Crippen MR) is 104 cm³/mol. The third-order valence-electron chi connectivity index (χ3n) is 4.25. The van der Waals surface area contributed by atoms with E-state index in [1.807, 2.05) is 32.0 Å². The number of Topliss-reactive ketones (excluding diaryl/α,β-unsaturated/α-hetero) is 1. The van der Waals surface area contributed by atoms with Gasteiger partial charge >= 0.3 is 5.63 Å². The Balaban J connectivity index is 1.68. The van der Waals surface area contributed by atoms with Crippen LogP contribution in [0.1, 0.15) is 42.6 Å². The third-order valence-corrected chi connectivity index (χ3v) is 4.25. The molecule has 3 aromatic rings. The van der Waals surface area contributed by atoms with E-state index in [2.05, 4.69) is 0 Å². The fourth-order valence-electron chi connectivity index (χ4n) is 2.93. The Hall–Kier alpha value is -3.08. The Morgan fingerprint density at radius 1 is 1.04 bits per heavy atom. The molecule has 5 nitrogen and oxygen atoms in total. The van der Waals surface area contributed by atoms with Crippen LogP contribution in [0.5, 0.6) is 11.5 Å². The van der Waals surface area contributed by atoms with Gasteiger partial charge in [0, 0.05) is 17.5 Å². The number of ketones is 1. The molecule has 0 saturated heterocycles. The highest BCUT2D eigenvalue weighted by molar-refractivity contribution is 5.96. The molecule has 5 heteroatoms. The molecule has 140 valence electrons. The van der Waals surface area contributed by atoms with Gasteiger partial charge in [-0.3, -0.25) is 4.79 Å². The van der Waals surface area contributed by atoms with Gasteiger partial charge in [0.05, 0.1) is 5.56 Å². The standard InChI is InChI=1S/C22H22O5/c1-14(2)19-13-22(24)27-21-12-16(8-9-18(19)21)25-10-11-26-20-7-5-4-6-17(20)15(3)23/h4-9,12-14H,10-11H2,1-3H3. The molecule has 2 aromatic carbocycles. The lowest BCUT2D eigenvalue weighted by Gasteiger charge is -2.12. The molecule has 1 heterocycles. The molecule has 0 bridgehead atoms. The van der Waals surface area contributed by atoms with E-state index < -0.39 is 0 Å². The molecule has 0 fully saturated rings. The van der Waals surface area contributed by atoms with Gasteiger partial charge < -0.3 is 13.9 Å². The number of para-hydroxylation sites is 1. The van der Waals surface area contributed by atoms with Gasteiger partial charge in [-0.05, 0) is 42.7 Å². The van der Waals surface area contributed by atoms with Crippen molar-refractivity contribution >= 4 is 16.8 Å². The van der Waals surface area contributed by atoms with Crippen LogP contribution < -0.4 is 15.1 Å². The molecule has 0 unspecified atom stereocenters. The fraction of sp³-hybridized carbons (Fsp3) is 0.273. The van der Waals surface area contributed by atoms with Gasteiger partial charge in [-0.25, -0.2) is 4.79 Å². The fourth-order valence-corrected chi connectivity index (χ4v) is 2.93. The summed E-state index contributed by atoms with van der Waals surface area (Å²) in [6.45, 7) is 6.17. The molecule has 0 spiro atoms. The van der Waals surface area contributed by atoms with E-state index in [0.29, 0.717) is 29.3 Å². The number of benzene rings is 2. The van der Waals surface area contributed by atoms with Crippen molar-refractivity contribution < 1.29 is 18.7 Å². The lowest BCUT2D eigenvalue weighted by atomic mass is 10.00. The summed E-state index contributed by atoms with van der Waals surface area (Å²) in [7, 11) is 0. The first kappa shape index (κ1) is 18.7. The first-order chi connectivity index (χ1) is 13.0. The highest BCUT2D eigenvalue weighted by Crippen LogP contribution is 2.27. The minimum absolute atomic E-state index is 0.0444. The van der Waals surface area contributed by atoms with Crippen molar-refractivity contribution in [3.63, 3.8) is 0 Å². The quantitative estimate of drug-likeness (QED) is 0.348. The SMILES string of the molecule is CC(=O)c1ccccc1OCCOc1ccc2c(C(C)C)cc(=O)oc2c1. The number of hydrogen-bond donors (Lipinski definition) is 0. The number of carbonyl (C=O) groups is 1.